The third kappa shape index (κ3) is 3.25. The summed E-state index contributed by atoms with van der Waals surface area (Å²) >= 11 is 0. The van der Waals surface area contributed by atoms with Crippen molar-refractivity contribution in [2.75, 3.05) is 27.2 Å². The molecule has 0 aliphatic carbocycles. The minimum Gasteiger partial charge on any atom is -0.508 e. The summed E-state index contributed by atoms with van der Waals surface area (Å²) in [5, 5.41) is 9.89. The van der Waals surface area contributed by atoms with Crippen LogP contribution in [0.15, 0.2) is 18.2 Å². The second-order valence-electron chi connectivity index (χ2n) is 5.58. The van der Waals surface area contributed by atoms with E-state index in [-0.39, 0.29) is 17.6 Å². The highest BCUT2D eigenvalue weighted by molar-refractivity contribution is 5.35. The first-order chi connectivity index (χ1) is 8.99. The summed E-state index contributed by atoms with van der Waals surface area (Å²) in [5.41, 5.74) is 0.668. The molecule has 19 heavy (non-hydrogen) atoms. The molecule has 1 aromatic rings. The third-order valence-electron chi connectivity index (χ3n) is 4.31. The minimum absolute atomic E-state index is 0.0177. The van der Waals surface area contributed by atoms with Crippen LogP contribution >= 0.6 is 0 Å². The van der Waals surface area contributed by atoms with Gasteiger partial charge in [-0.05, 0) is 65.1 Å². The zero-order valence-electron chi connectivity index (χ0n) is 11.9. The lowest BCUT2D eigenvalue weighted by atomic mass is 9.99. The molecule has 4 heteroatoms. The lowest BCUT2D eigenvalue weighted by Crippen LogP contribution is -2.42. The number of piperidine rings is 1. The van der Waals surface area contributed by atoms with E-state index in [0.717, 1.165) is 25.9 Å². The molecule has 1 heterocycles. The van der Waals surface area contributed by atoms with Crippen LogP contribution in [0, 0.1) is 5.82 Å². The zero-order chi connectivity index (χ0) is 14.0. The van der Waals surface area contributed by atoms with E-state index in [9.17, 15) is 9.50 Å². The Morgan fingerprint density at radius 2 is 2.00 bits per heavy atom. The van der Waals surface area contributed by atoms with Gasteiger partial charge in [0.2, 0.25) is 0 Å². The fraction of sp³-hybridized carbons (Fsp3) is 0.600. The summed E-state index contributed by atoms with van der Waals surface area (Å²) in [6.07, 6.45) is 2.24. The number of hydrogen-bond acceptors (Lipinski definition) is 3. The summed E-state index contributed by atoms with van der Waals surface area (Å²) in [6.45, 7) is 4.21. The molecule has 1 aliphatic heterocycles. The third-order valence-corrected chi connectivity index (χ3v) is 4.31. The zero-order valence-corrected chi connectivity index (χ0v) is 11.9. The molecule has 3 nitrogen and oxygen atoms in total. The van der Waals surface area contributed by atoms with E-state index in [1.165, 1.54) is 18.2 Å². The number of benzene rings is 1. The number of halogens is 1. The predicted octanol–water partition coefficient (Wildman–Crippen LogP) is 2.62. The topological polar surface area (TPSA) is 26.7 Å². The van der Waals surface area contributed by atoms with Crippen molar-refractivity contribution in [1.29, 1.82) is 0 Å². The van der Waals surface area contributed by atoms with Gasteiger partial charge in [-0.2, -0.15) is 0 Å². The van der Waals surface area contributed by atoms with Gasteiger partial charge in [0.15, 0.2) is 0 Å². The Labute approximate surface area is 114 Å². The maximum atomic E-state index is 13.3. The molecule has 0 amide bonds. The lowest BCUT2D eigenvalue weighted by molar-refractivity contribution is 0.112. The molecule has 1 atom stereocenters. The van der Waals surface area contributed by atoms with Gasteiger partial charge in [0.1, 0.15) is 11.6 Å². The summed E-state index contributed by atoms with van der Waals surface area (Å²) in [7, 11) is 4.20. The molecular formula is C15H23FN2O. The number of rotatable bonds is 3. The molecule has 0 saturated carbocycles. The Morgan fingerprint density at radius 1 is 1.37 bits per heavy atom. The molecular weight excluding hydrogens is 243 g/mol. The monoisotopic (exact) mass is 266 g/mol. The molecule has 0 aromatic heterocycles. The summed E-state index contributed by atoms with van der Waals surface area (Å²) in [6, 6.07) is 4.67. The highest BCUT2D eigenvalue weighted by Crippen LogP contribution is 2.31. The first-order valence-electron chi connectivity index (χ1n) is 6.88. The molecule has 0 bridgehead atoms. The number of aromatic hydroxyl groups is 1. The van der Waals surface area contributed by atoms with Crippen molar-refractivity contribution >= 4 is 0 Å². The van der Waals surface area contributed by atoms with Gasteiger partial charge in [0.25, 0.3) is 0 Å². The summed E-state index contributed by atoms with van der Waals surface area (Å²) < 4.78 is 13.3. The average Bonchev–Trinajstić information content (AvgIpc) is 2.41. The van der Waals surface area contributed by atoms with Gasteiger partial charge in [0, 0.05) is 17.6 Å². The van der Waals surface area contributed by atoms with Crippen molar-refractivity contribution in [3.8, 4) is 5.75 Å². The van der Waals surface area contributed by atoms with Gasteiger partial charge in [-0.25, -0.2) is 4.39 Å². The molecule has 1 fully saturated rings. The van der Waals surface area contributed by atoms with Gasteiger partial charge in [-0.3, -0.25) is 4.90 Å². The van der Waals surface area contributed by atoms with E-state index >= 15 is 0 Å². The highest BCUT2D eigenvalue weighted by Gasteiger charge is 2.25. The first-order valence-corrected chi connectivity index (χ1v) is 6.88. The van der Waals surface area contributed by atoms with Crippen LogP contribution in [0.2, 0.25) is 0 Å². The molecule has 106 valence electrons. The Hall–Kier alpha value is -1.13. The molecule has 1 unspecified atom stereocenters. The number of nitrogens with zero attached hydrogens (tertiary/aromatic N) is 2. The maximum absolute atomic E-state index is 13.3. The van der Waals surface area contributed by atoms with Crippen LogP contribution in [-0.2, 0) is 0 Å². The second-order valence-corrected chi connectivity index (χ2v) is 5.58. The number of phenolic OH excluding ortho intramolecular Hbond substituents is 1. The van der Waals surface area contributed by atoms with Crippen LogP contribution in [-0.4, -0.2) is 48.1 Å². The fourth-order valence-electron chi connectivity index (χ4n) is 2.80. The van der Waals surface area contributed by atoms with Gasteiger partial charge >= 0.3 is 0 Å². The van der Waals surface area contributed by atoms with Gasteiger partial charge in [-0.15, -0.1) is 0 Å². The van der Waals surface area contributed by atoms with Gasteiger partial charge < -0.3 is 10.0 Å². The Bertz CT molecular complexity index is 430. The van der Waals surface area contributed by atoms with Crippen molar-refractivity contribution in [1.82, 2.24) is 9.80 Å². The van der Waals surface area contributed by atoms with Crippen molar-refractivity contribution in [3.63, 3.8) is 0 Å². The molecule has 1 N–H and O–H groups in total. The maximum Gasteiger partial charge on any atom is 0.123 e. The standard InChI is InChI=1S/C15H23FN2O/c1-11(14-10-12(16)4-5-15(14)19)18(3)13-6-8-17(2)9-7-13/h4-5,10-11,13,19H,6-9H2,1-3H3. The van der Waals surface area contributed by atoms with Gasteiger partial charge in [0.05, 0.1) is 0 Å². The molecule has 1 saturated heterocycles. The average molecular weight is 266 g/mol. The Balaban J connectivity index is 2.10. The van der Waals surface area contributed by atoms with Crippen molar-refractivity contribution < 1.29 is 9.50 Å². The Morgan fingerprint density at radius 3 is 2.63 bits per heavy atom. The quantitative estimate of drug-likeness (QED) is 0.911. The van der Waals surface area contributed by atoms with Crippen LogP contribution in [0.1, 0.15) is 31.4 Å². The fourth-order valence-corrected chi connectivity index (χ4v) is 2.80. The lowest BCUT2D eigenvalue weighted by Gasteiger charge is -2.38. The SMILES string of the molecule is CC(c1cc(F)ccc1O)N(C)C1CCN(C)CC1. The Kier molecular flexibility index (Phi) is 4.42. The summed E-state index contributed by atoms with van der Waals surface area (Å²) in [5.74, 6) is -0.120. The number of likely N-dealkylation sites (tertiary alicyclic amines) is 1. The van der Waals surface area contributed by atoms with Crippen molar-refractivity contribution in [2.45, 2.75) is 31.8 Å². The molecule has 1 aliphatic rings. The van der Waals surface area contributed by atoms with Crippen molar-refractivity contribution in [2.24, 2.45) is 0 Å². The van der Waals surface area contributed by atoms with E-state index < -0.39 is 0 Å². The van der Waals surface area contributed by atoms with Crippen LogP contribution in [0.4, 0.5) is 4.39 Å². The first kappa shape index (κ1) is 14.3. The van der Waals surface area contributed by atoms with Crippen LogP contribution in [0.3, 0.4) is 0 Å². The van der Waals surface area contributed by atoms with E-state index in [1.807, 2.05) is 6.92 Å². The normalized spacial score (nSPS) is 19.8. The highest BCUT2D eigenvalue weighted by atomic mass is 19.1. The van der Waals surface area contributed by atoms with E-state index in [0.29, 0.717) is 11.6 Å². The molecule has 0 spiro atoms. The number of hydrogen-bond donors (Lipinski definition) is 1. The smallest absolute Gasteiger partial charge is 0.123 e. The number of phenols is 1. The van der Waals surface area contributed by atoms with E-state index in [2.05, 4.69) is 23.9 Å². The largest absolute Gasteiger partial charge is 0.508 e. The van der Waals surface area contributed by atoms with Crippen LogP contribution in [0.5, 0.6) is 5.75 Å². The molecule has 0 radical (unpaired) electrons. The predicted molar refractivity (Wildman–Crippen MR) is 74.8 cm³/mol. The van der Waals surface area contributed by atoms with Crippen LogP contribution < -0.4 is 0 Å². The van der Waals surface area contributed by atoms with Crippen molar-refractivity contribution in [3.05, 3.63) is 29.6 Å². The second kappa shape index (κ2) is 5.88. The van der Waals surface area contributed by atoms with Crippen LogP contribution in [0.25, 0.3) is 0 Å². The van der Waals surface area contributed by atoms with E-state index in [4.69, 9.17) is 0 Å². The minimum atomic E-state index is -0.295. The summed E-state index contributed by atoms with van der Waals surface area (Å²) in [4.78, 5) is 4.58. The van der Waals surface area contributed by atoms with E-state index in [1.54, 1.807) is 0 Å². The molecule has 2 rings (SSSR count). The molecule has 1 aromatic carbocycles. The van der Waals surface area contributed by atoms with Gasteiger partial charge in [-0.1, -0.05) is 0 Å².